The Morgan fingerprint density at radius 3 is 2.90 bits per heavy atom. The highest BCUT2D eigenvalue weighted by molar-refractivity contribution is 8.26. The molecule has 106 valence electrons. The van der Waals surface area contributed by atoms with Crippen LogP contribution in [0.2, 0.25) is 0 Å². The molecule has 9 heteroatoms. The van der Waals surface area contributed by atoms with E-state index in [9.17, 15) is 4.79 Å². The third kappa shape index (κ3) is 3.09. The number of tetrazole rings is 1. The summed E-state index contributed by atoms with van der Waals surface area (Å²) in [5.74, 6) is 0.181. The monoisotopic (exact) mass is 318 g/mol. The maximum Gasteiger partial charge on any atom is 0.267 e. The van der Waals surface area contributed by atoms with Crippen LogP contribution in [0.15, 0.2) is 35.2 Å². The summed E-state index contributed by atoms with van der Waals surface area (Å²) >= 11 is 6.51. The van der Waals surface area contributed by atoms with Crippen molar-refractivity contribution in [2.75, 3.05) is 12.0 Å². The van der Waals surface area contributed by atoms with Crippen molar-refractivity contribution in [3.8, 4) is 0 Å². The molecule has 2 heterocycles. The maximum absolute atomic E-state index is 12.3. The molecule has 1 aromatic carbocycles. The Kier molecular flexibility index (Phi) is 3.93. The number of carbonyl (C=O) groups is 1. The third-order valence-corrected chi connectivity index (χ3v) is 4.09. The first-order chi connectivity index (χ1) is 10.2. The van der Waals surface area contributed by atoms with Gasteiger partial charge in [0.1, 0.15) is 4.32 Å². The van der Waals surface area contributed by atoms with E-state index < -0.39 is 0 Å². The Bertz CT molecular complexity index is 685. The quantitative estimate of drug-likeness (QED) is 0.652. The summed E-state index contributed by atoms with van der Waals surface area (Å²) in [5.41, 5.74) is 0.962. The highest BCUT2D eigenvalue weighted by atomic mass is 32.2. The van der Waals surface area contributed by atoms with Crippen molar-refractivity contribution in [3.63, 3.8) is 0 Å². The summed E-state index contributed by atoms with van der Waals surface area (Å²) in [6, 6.07) is 9.64. The van der Waals surface area contributed by atoms with Gasteiger partial charge in [-0.1, -0.05) is 59.4 Å². The number of H-pyrrole nitrogens is 1. The van der Waals surface area contributed by atoms with Crippen molar-refractivity contribution in [1.29, 1.82) is 0 Å². The van der Waals surface area contributed by atoms with E-state index in [1.54, 1.807) is 0 Å². The molecule has 1 aliphatic heterocycles. The molecule has 2 N–H and O–H groups in total. The molecule has 2 aromatic rings. The van der Waals surface area contributed by atoms with E-state index in [4.69, 9.17) is 12.2 Å². The number of nitrogens with zero attached hydrogens (tertiary/aromatic N) is 4. The average molecular weight is 318 g/mol. The van der Waals surface area contributed by atoms with Crippen LogP contribution >= 0.6 is 24.0 Å². The highest BCUT2D eigenvalue weighted by Gasteiger charge is 2.31. The average Bonchev–Trinajstić information content (AvgIpc) is 3.08. The van der Waals surface area contributed by atoms with Crippen molar-refractivity contribution in [2.24, 2.45) is 0 Å². The lowest BCUT2D eigenvalue weighted by molar-refractivity contribution is -0.121. The summed E-state index contributed by atoms with van der Waals surface area (Å²) in [6.07, 6.45) is 1.83. The standard InChI is InChI=1S/C12H10N6OS2/c19-10-9(6-8-4-2-1-3-5-8)21-12(20)18(10)7-13-11-14-16-17-15-11/h1-6H,7H2,(H2,13,14,15,16,17)/b9-6-. The van der Waals surface area contributed by atoms with E-state index >= 15 is 0 Å². The molecule has 1 aromatic heterocycles. The minimum Gasteiger partial charge on any atom is -0.334 e. The minimum atomic E-state index is -0.134. The number of aromatic nitrogens is 4. The number of amides is 1. The second-order valence-corrected chi connectivity index (χ2v) is 5.77. The van der Waals surface area contributed by atoms with Gasteiger partial charge >= 0.3 is 0 Å². The molecule has 1 fully saturated rings. The van der Waals surface area contributed by atoms with Crippen LogP contribution in [0.4, 0.5) is 5.95 Å². The lowest BCUT2D eigenvalue weighted by Crippen LogP contribution is -2.33. The first-order valence-electron chi connectivity index (χ1n) is 6.02. The van der Waals surface area contributed by atoms with Crippen LogP contribution in [0.3, 0.4) is 0 Å². The smallest absolute Gasteiger partial charge is 0.267 e. The normalized spacial score (nSPS) is 16.8. The molecular weight excluding hydrogens is 308 g/mol. The molecule has 0 bridgehead atoms. The van der Waals surface area contributed by atoms with Crippen molar-refractivity contribution in [1.82, 2.24) is 25.5 Å². The number of nitrogens with one attached hydrogen (secondary N) is 2. The Hall–Kier alpha value is -2.26. The number of rotatable bonds is 4. The number of carbonyl (C=O) groups excluding carboxylic acids is 1. The van der Waals surface area contributed by atoms with Gasteiger partial charge in [0.2, 0.25) is 0 Å². The molecule has 0 spiro atoms. The Labute approximate surface area is 129 Å². The van der Waals surface area contributed by atoms with Gasteiger partial charge in [-0.05, 0) is 16.9 Å². The predicted octanol–water partition coefficient (Wildman–Crippen LogP) is 1.47. The van der Waals surface area contributed by atoms with E-state index in [0.29, 0.717) is 15.2 Å². The molecule has 1 aliphatic rings. The zero-order chi connectivity index (χ0) is 14.7. The van der Waals surface area contributed by atoms with E-state index in [2.05, 4.69) is 25.9 Å². The molecule has 0 aliphatic carbocycles. The van der Waals surface area contributed by atoms with Crippen LogP contribution in [0.25, 0.3) is 6.08 Å². The topological polar surface area (TPSA) is 86.8 Å². The summed E-state index contributed by atoms with van der Waals surface area (Å²) in [7, 11) is 0. The van der Waals surface area contributed by atoms with Crippen molar-refractivity contribution in [3.05, 3.63) is 40.8 Å². The number of hydrogen-bond donors (Lipinski definition) is 2. The number of hydrogen-bond acceptors (Lipinski definition) is 7. The minimum absolute atomic E-state index is 0.134. The van der Waals surface area contributed by atoms with Gasteiger partial charge in [0.15, 0.2) is 0 Å². The van der Waals surface area contributed by atoms with E-state index in [1.165, 1.54) is 16.7 Å². The molecule has 7 nitrogen and oxygen atoms in total. The molecule has 21 heavy (non-hydrogen) atoms. The molecule has 0 atom stereocenters. The van der Waals surface area contributed by atoms with Gasteiger partial charge in [0.05, 0.1) is 11.6 Å². The van der Waals surface area contributed by atoms with E-state index in [1.807, 2.05) is 36.4 Å². The summed E-state index contributed by atoms with van der Waals surface area (Å²) < 4.78 is 0.498. The lowest BCUT2D eigenvalue weighted by Gasteiger charge is -2.13. The number of thiocarbonyl (C=S) groups is 1. The van der Waals surface area contributed by atoms with Crippen LogP contribution in [-0.4, -0.2) is 42.4 Å². The first-order valence-corrected chi connectivity index (χ1v) is 7.24. The fourth-order valence-corrected chi connectivity index (χ4v) is 2.98. The summed E-state index contributed by atoms with van der Waals surface area (Å²) in [5, 5.41) is 16.1. The van der Waals surface area contributed by atoms with Crippen LogP contribution in [0, 0.1) is 0 Å². The van der Waals surface area contributed by atoms with Crippen LogP contribution < -0.4 is 5.32 Å². The Morgan fingerprint density at radius 1 is 1.38 bits per heavy atom. The molecule has 0 unspecified atom stereocenters. The number of thioether (sulfide) groups is 1. The van der Waals surface area contributed by atoms with Gasteiger partial charge in [-0.3, -0.25) is 9.69 Å². The molecule has 1 amide bonds. The fourth-order valence-electron chi connectivity index (χ4n) is 1.72. The Balaban J connectivity index is 1.71. The van der Waals surface area contributed by atoms with Gasteiger partial charge in [0, 0.05) is 0 Å². The van der Waals surface area contributed by atoms with E-state index in [0.717, 1.165) is 5.56 Å². The second kappa shape index (κ2) is 6.02. The summed E-state index contributed by atoms with van der Waals surface area (Å²) in [6.45, 7) is 0.205. The number of benzene rings is 1. The zero-order valence-electron chi connectivity index (χ0n) is 10.7. The van der Waals surface area contributed by atoms with E-state index in [-0.39, 0.29) is 12.6 Å². The van der Waals surface area contributed by atoms with Gasteiger partial charge in [0.25, 0.3) is 11.9 Å². The highest BCUT2D eigenvalue weighted by Crippen LogP contribution is 2.32. The molecule has 0 saturated carbocycles. The van der Waals surface area contributed by atoms with Gasteiger partial charge in [-0.25, -0.2) is 0 Å². The van der Waals surface area contributed by atoms with Gasteiger partial charge in [-0.15, -0.1) is 5.10 Å². The zero-order valence-corrected chi connectivity index (χ0v) is 12.3. The van der Waals surface area contributed by atoms with Crippen molar-refractivity contribution in [2.45, 2.75) is 0 Å². The molecule has 1 saturated heterocycles. The maximum atomic E-state index is 12.3. The molecule has 3 rings (SSSR count). The van der Waals surface area contributed by atoms with Gasteiger partial charge in [-0.2, -0.15) is 5.21 Å². The first kappa shape index (κ1) is 13.7. The van der Waals surface area contributed by atoms with Crippen LogP contribution in [0.5, 0.6) is 0 Å². The lowest BCUT2D eigenvalue weighted by atomic mass is 10.2. The molecule has 0 radical (unpaired) electrons. The van der Waals surface area contributed by atoms with Crippen LogP contribution in [-0.2, 0) is 4.79 Å². The SMILES string of the molecule is O=C1/C(=C/c2ccccc2)SC(=S)N1CNc1nn[nH]n1. The van der Waals surface area contributed by atoms with Crippen LogP contribution in [0.1, 0.15) is 5.56 Å². The third-order valence-electron chi connectivity index (χ3n) is 2.71. The number of aromatic amines is 1. The van der Waals surface area contributed by atoms with Crippen molar-refractivity contribution >= 4 is 46.2 Å². The fraction of sp³-hybridized carbons (Fsp3) is 0.0833. The molecular formula is C12H10N6OS2. The summed E-state index contributed by atoms with van der Waals surface area (Å²) in [4.78, 5) is 14.4. The van der Waals surface area contributed by atoms with Gasteiger partial charge < -0.3 is 5.32 Å². The Morgan fingerprint density at radius 2 is 2.19 bits per heavy atom. The largest absolute Gasteiger partial charge is 0.334 e. The number of anilines is 1. The van der Waals surface area contributed by atoms with Crippen molar-refractivity contribution < 1.29 is 4.79 Å². The predicted molar refractivity (Wildman–Crippen MR) is 84.1 cm³/mol. The second-order valence-electron chi connectivity index (χ2n) is 4.09.